The standard InChI is InChI=1S/C55H81F2N9O11/c1-33(2)48(64-45(69)29-61-55(9,34(3)4)23-20-47(71)72)52(75)62-35(5)50(73)63-42(53(76)77)17-13-14-24-59-44(68)21-25-60-51(74)41(58)22-26-66(46(70)32-67)49(54(6,7)8)43-27-37(39-28-38(56)18-19-40(39)57)31-65(43)30-36-15-11-10-12-16-36/h10-12,15-16,18-19,27-28,31,33-35,41-42,48-49,61,67H,13-14,17,20-26,29-30,32,58H2,1-9H3,(H,59,68)(H,60,74)(H,62,75)(H,63,73)(H,64,69)(H,71,72)(H,76,77)/t35-,41-,42-,48?,49-,55?/m0/s1. The molecule has 6 atom stereocenters. The van der Waals surface area contributed by atoms with E-state index in [0.717, 1.165) is 23.8 Å². The lowest BCUT2D eigenvalue weighted by Crippen LogP contribution is -2.57. The summed E-state index contributed by atoms with van der Waals surface area (Å²) in [5.74, 6) is -7.54. The van der Waals surface area contributed by atoms with E-state index < -0.39 is 113 Å². The Morgan fingerprint density at radius 1 is 0.766 bits per heavy atom. The number of aliphatic hydroxyl groups excluding tert-OH is 1. The first-order valence-electron chi connectivity index (χ1n) is 26.1. The van der Waals surface area contributed by atoms with Gasteiger partial charge in [-0.1, -0.05) is 78.8 Å². The highest BCUT2D eigenvalue weighted by Gasteiger charge is 2.38. The maximum absolute atomic E-state index is 15.1. The van der Waals surface area contributed by atoms with E-state index in [-0.39, 0.29) is 76.2 Å². The number of aliphatic carboxylic acids is 2. The van der Waals surface area contributed by atoms with Crippen molar-refractivity contribution in [2.24, 2.45) is 23.0 Å². The number of nitrogens with zero attached hydrogens (tertiary/aromatic N) is 2. The van der Waals surface area contributed by atoms with Gasteiger partial charge in [-0.25, -0.2) is 13.6 Å². The van der Waals surface area contributed by atoms with Gasteiger partial charge in [0.25, 0.3) is 0 Å². The number of benzene rings is 2. The van der Waals surface area contributed by atoms with Crippen molar-refractivity contribution in [1.29, 1.82) is 0 Å². The zero-order valence-corrected chi connectivity index (χ0v) is 45.8. The van der Waals surface area contributed by atoms with Crippen molar-refractivity contribution in [3.8, 4) is 11.1 Å². The van der Waals surface area contributed by atoms with Crippen LogP contribution in [-0.4, -0.2) is 135 Å². The van der Waals surface area contributed by atoms with Crippen LogP contribution in [-0.2, 0) is 44.9 Å². The van der Waals surface area contributed by atoms with Crippen molar-refractivity contribution in [2.75, 3.05) is 32.8 Å². The molecule has 11 N–H and O–H groups in total. The van der Waals surface area contributed by atoms with E-state index in [0.29, 0.717) is 24.2 Å². The minimum Gasteiger partial charge on any atom is -0.481 e. The molecule has 3 aromatic rings. The van der Waals surface area contributed by atoms with E-state index in [2.05, 4.69) is 31.9 Å². The maximum atomic E-state index is 15.1. The highest BCUT2D eigenvalue weighted by Crippen LogP contribution is 2.41. The Morgan fingerprint density at radius 3 is 2.04 bits per heavy atom. The number of rotatable bonds is 32. The number of carbonyl (C=O) groups is 8. The van der Waals surface area contributed by atoms with Crippen molar-refractivity contribution in [1.82, 2.24) is 41.4 Å². The second-order valence-corrected chi connectivity index (χ2v) is 21.4. The number of unbranched alkanes of at least 4 members (excludes halogenated alkanes) is 1. The number of hydrogen-bond donors (Lipinski definition) is 10. The molecule has 0 saturated carbocycles. The third kappa shape index (κ3) is 20.6. The monoisotopic (exact) mass is 1080 g/mol. The van der Waals surface area contributed by atoms with E-state index in [4.69, 9.17) is 10.8 Å². The van der Waals surface area contributed by atoms with Gasteiger partial charge in [0, 0.05) is 67.6 Å². The lowest BCUT2D eigenvalue weighted by atomic mass is 9.82. The predicted octanol–water partition coefficient (Wildman–Crippen LogP) is 3.98. The second-order valence-electron chi connectivity index (χ2n) is 21.4. The summed E-state index contributed by atoms with van der Waals surface area (Å²) in [4.78, 5) is 103. The molecule has 6 amide bonds. The van der Waals surface area contributed by atoms with Crippen LogP contribution in [0.4, 0.5) is 8.78 Å². The molecular weight excluding hydrogens is 1000 g/mol. The van der Waals surface area contributed by atoms with Crippen molar-refractivity contribution >= 4 is 47.4 Å². The lowest BCUT2D eigenvalue weighted by Gasteiger charge is -2.41. The minimum atomic E-state index is -1.31. The molecule has 0 aliphatic carbocycles. The molecule has 0 spiro atoms. The molecule has 0 bridgehead atoms. The van der Waals surface area contributed by atoms with Crippen LogP contribution in [0.2, 0.25) is 0 Å². The summed E-state index contributed by atoms with van der Waals surface area (Å²) in [6, 6.07) is 8.87. The number of aliphatic hydroxyl groups is 1. The molecule has 0 saturated heterocycles. The van der Waals surface area contributed by atoms with Gasteiger partial charge in [-0.15, -0.1) is 0 Å². The van der Waals surface area contributed by atoms with Crippen molar-refractivity contribution in [3.63, 3.8) is 0 Å². The molecule has 426 valence electrons. The summed E-state index contributed by atoms with van der Waals surface area (Å²) in [5.41, 5.74) is 6.82. The number of nitrogens with one attached hydrogen (secondary N) is 6. The van der Waals surface area contributed by atoms with Crippen molar-refractivity contribution in [3.05, 3.63) is 83.7 Å². The number of nitrogens with two attached hydrogens (primary N) is 1. The first-order valence-corrected chi connectivity index (χ1v) is 26.1. The van der Waals surface area contributed by atoms with Crippen LogP contribution in [0.1, 0.15) is 125 Å². The van der Waals surface area contributed by atoms with Gasteiger partial charge < -0.3 is 62.4 Å². The Hall–Kier alpha value is -6.78. The molecule has 2 aromatic carbocycles. The Labute approximate surface area is 450 Å². The average molecular weight is 1080 g/mol. The topological polar surface area (TPSA) is 304 Å². The fourth-order valence-electron chi connectivity index (χ4n) is 8.64. The zero-order valence-electron chi connectivity index (χ0n) is 45.8. The van der Waals surface area contributed by atoms with Crippen LogP contribution in [0.5, 0.6) is 0 Å². The highest BCUT2D eigenvalue weighted by molar-refractivity contribution is 5.93. The fourth-order valence-corrected chi connectivity index (χ4v) is 8.64. The van der Waals surface area contributed by atoms with Crippen LogP contribution < -0.4 is 37.6 Å². The van der Waals surface area contributed by atoms with Gasteiger partial charge in [-0.3, -0.25) is 33.6 Å². The number of hydrogen-bond acceptors (Lipinski definition) is 11. The number of carbonyl (C=O) groups excluding carboxylic acids is 6. The molecule has 22 heteroatoms. The minimum absolute atomic E-state index is 0.000805. The van der Waals surface area contributed by atoms with E-state index in [9.17, 15) is 53.0 Å². The number of carboxylic acids is 2. The molecule has 0 aliphatic rings. The van der Waals surface area contributed by atoms with Crippen LogP contribution >= 0.6 is 0 Å². The molecule has 0 radical (unpaired) electrons. The predicted molar refractivity (Wildman–Crippen MR) is 285 cm³/mol. The summed E-state index contributed by atoms with van der Waals surface area (Å²) < 4.78 is 31.4. The number of carboxylic acid groups (broad SMARTS) is 2. The summed E-state index contributed by atoms with van der Waals surface area (Å²) >= 11 is 0. The molecule has 20 nitrogen and oxygen atoms in total. The maximum Gasteiger partial charge on any atom is 0.326 e. The van der Waals surface area contributed by atoms with Gasteiger partial charge in [-0.05, 0) is 93.0 Å². The number of amides is 6. The summed E-state index contributed by atoms with van der Waals surface area (Å²) in [6.07, 6.45) is 2.33. The third-order valence-corrected chi connectivity index (χ3v) is 13.6. The summed E-state index contributed by atoms with van der Waals surface area (Å²) in [6.45, 7) is 15.4. The molecule has 3 rings (SSSR count). The van der Waals surface area contributed by atoms with Gasteiger partial charge in [0.1, 0.15) is 36.4 Å². The van der Waals surface area contributed by atoms with E-state index in [1.54, 1.807) is 26.1 Å². The lowest BCUT2D eigenvalue weighted by molar-refractivity contribution is -0.142. The van der Waals surface area contributed by atoms with Crippen molar-refractivity contribution in [2.45, 2.75) is 150 Å². The Balaban J connectivity index is 1.50. The second kappa shape index (κ2) is 30.2. The quantitative estimate of drug-likeness (QED) is 0.0397. The van der Waals surface area contributed by atoms with Gasteiger partial charge in [0.2, 0.25) is 35.4 Å². The van der Waals surface area contributed by atoms with Crippen molar-refractivity contribution < 1.29 is 62.5 Å². The van der Waals surface area contributed by atoms with Gasteiger partial charge in [0.05, 0.1) is 18.6 Å². The van der Waals surface area contributed by atoms with Crippen LogP contribution in [0.15, 0.2) is 60.8 Å². The summed E-state index contributed by atoms with van der Waals surface area (Å²) in [5, 5.41) is 45.2. The Bertz CT molecular complexity index is 2480. The molecule has 77 heavy (non-hydrogen) atoms. The van der Waals surface area contributed by atoms with E-state index in [1.807, 2.05) is 76.4 Å². The molecule has 0 aliphatic heterocycles. The SMILES string of the molecule is CC(C)C(NC(=O)CNC(C)(CCC(=O)O)C(C)C)C(=O)N[C@@H](C)C(=O)N[C@@H](CCCCNC(=O)CCNC(=O)[C@@H](N)CCN(C(=O)CO)[C@@H](c1cc(-c2cc(F)ccc2F)cn1Cc1ccccc1)C(C)(C)C)C(=O)O. The Kier molecular flexibility index (Phi) is 25.3. The molecule has 1 heterocycles. The first kappa shape index (κ1) is 64.5. The van der Waals surface area contributed by atoms with Gasteiger partial charge in [0.15, 0.2) is 0 Å². The normalized spacial score (nSPS) is 14.3. The highest BCUT2D eigenvalue weighted by atomic mass is 19.1. The van der Waals surface area contributed by atoms with Crippen LogP contribution in [0.3, 0.4) is 0 Å². The largest absolute Gasteiger partial charge is 0.481 e. The van der Waals surface area contributed by atoms with E-state index >= 15 is 4.39 Å². The molecule has 2 unspecified atom stereocenters. The number of aromatic nitrogens is 1. The van der Waals surface area contributed by atoms with Gasteiger partial charge in [-0.2, -0.15) is 0 Å². The Morgan fingerprint density at radius 2 is 1.44 bits per heavy atom. The third-order valence-electron chi connectivity index (χ3n) is 13.6. The number of halogens is 2. The fraction of sp³-hybridized carbons (Fsp3) is 0.564. The van der Waals surface area contributed by atoms with Crippen LogP contribution in [0, 0.1) is 28.9 Å². The van der Waals surface area contributed by atoms with E-state index in [1.165, 1.54) is 11.8 Å². The van der Waals surface area contributed by atoms with Crippen LogP contribution in [0.25, 0.3) is 11.1 Å². The summed E-state index contributed by atoms with van der Waals surface area (Å²) in [7, 11) is 0. The molecule has 1 aromatic heterocycles. The smallest absolute Gasteiger partial charge is 0.326 e. The zero-order chi connectivity index (χ0) is 57.8. The molecular formula is C55H81F2N9O11. The molecule has 0 fully saturated rings. The first-order chi connectivity index (χ1) is 36.1. The average Bonchev–Trinajstić information content (AvgIpc) is 3.76. The van der Waals surface area contributed by atoms with Gasteiger partial charge >= 0.3 is 11.9 Å².